The largest absolute Gasteiger partial charge is 0.453 e. The molecule has 0 unspecified atom stereocenters. The lowest BCUT2D eigenvalue weighted by Gasteiger charge is -2.29. The van der Waals surface area contributed by atoms with Gasteiger partial charge in [-0.1, -0.05) is 12.8 Å². The number of amides is 1. The molecule has 4 nitrogen and oxygen atoms in total. The Kier molecular flexibility index (Phi) is 3.92. The number of nitrogens with one attached hydrogen (secondary N) is 1. The first-order valence-corrected chi connectivity index (χ1v) is 5.00. The normalized spacial score (nSPS) is 26.7. The van der Waals surface area contributed by atoms with E-state index in [9.17, 15) is 9.59 Å². The Hall–Kier alpha value is -1.06. The quantitative estimate of drug-likeness (QED) is 0.733. The van der Waals surface area contributed by atoms with Crippen LogP contribution in [0.25, 0.3) is 0 Å². The number of hydrogen-bond donors (Lipinski definition) is 1. The van der Waals surface area contributed by atoms with E-state index < -0.39 is 6.09 Å². The second kappa shape index (κ2) is 4.98. The summed E-state index contributed by atoms with van der Waals surface area (Å²) in [5, 5.41) is 2.72. The van der Waals surface area contributed by atoms with Crippen LogP contribution in [0.4, 0.5) is 4.79 Å². The summed E-state index contributed by atoms with van der Waals surface area (Å²) in [6.45, 7) is 1.59. The molecule has 0 spiro atoms. The summed E-state index contributed by atoms with van der Waals surface area (Å²) in [4.78, 5) is 22.3. The van der Waals surface area contributed by atoms with E-state index in [1.807, 2.05) is 0 Å². The average Bonchev–Trinajstić information content (AvgIpc) is 2.18. The summed E-state index contributed by atoms with van der Waals surface area (Å²) in [6.07, 6.45) is 3.45. The van der Waals surface area contributed by atoms with Gasteiger partial charge in [0, 0.05) is 12.0 Å². The van der Waals surface area contributed by atoms with Crippen LogP contribution in [0.1, 0.15) is 32.6 Å². The van der Waals surface area contributed by atoms with E-state index >= 15 is 0 Å². The van der Waals surface area contributed by atoms with Gasteiger partial charge in [-0.2, -0.15) is 0 Å². The number of methoxy groups -OCH3 is 1. The van der Waals surface area contributed by atoms with Gasteiger partial charge in [0.1, 0.15) is 5.78 Å². The average molecular weight is 199 g/mol. The molecule has 1 amide bonds. The van der Waals surface area contributed by atoms with Crippen LogP contribution in [-0.2, 0) is 9.53 Å². The number of alkyl carbamates (subject to hydrolysis) is 1. The second-order valence-electron chi connectivity index (χ2n) is 3.74. The summed E-state index contributed by atoms with van der Waals surface area (Å²) in [5.74, 6) is 0.133. The van der Waals surface area contributed by atoms with Gasteiger partial charge >= 0.3 is 6.09 Å². The minimum atomic E-state index is -0.442. The van der Waals surface area contributed by atoms with E-state index in [1.54, 1.807) is 6.92 Å². The van der Waals surface area contributed by atoms with Gasteiger partial charge in [0.25, 0.3) is 0 Å². The Balaban J connectivity index is 2.54. The van der Waals surface area contributed by atoms with Crippen LogP contribution in [-0.4, -0.2) is 25.0 Å². The van der Waals surface area contributed by atoms with Crippen molar-refractivity contribution in [3.63, 3.8) is 0 Å². The van der Waals surface area contributed by atoms with Gasteiger partial charge < -0.3 is 10.1 Å². The van der Waals surface area contributed by atoms with Gasteiger partial charge in [-0.15, -0.1) is 0 Å². The first kappa shape index (κ1) is 11.0. The van der Waals surface area contributed by atoms with Crippen molar-refractivity contribution in [1.82, 2.24) is 5.32 Å². The van der Waals surface area contributed by atoms with Crippen LogP contribution < -0.4 is 5.32 Å². The van der Waals surface area contributed by atoms with Crippen LogP contribution in [0, 0.1) is 5.92 Å². The second-order valence-corrected chi connectivity index (χ2v) is 3.74. The van der Waals surface area contributed by atoms with E-state index in [0.717, 1.165) is 25.7 Å². The number of rotatable bonds is 2. The van der Waals surface area contributed by atoms with Gasteiger partial charge in [-0.3, -0.25) is 4.79 Å². The molecule has 1 rings (SSSR count). The fraction of sp³-hybridized carbons (Fsp3) is 0.800. The molecule has 1 N–H and O–H groups in total. The predicted molar refractivity (Wildman–Crippen MR) is 52.0 cm³/mol. The molecular weight excluding hydrogens is 182 g/mol. The summed E-state index contributed by atoms with van der Waals surface area (Å²) in [5.41, 5.74) is 0. The van der Waals surface area contributed by atoms with E-state index in [2.05, 4.69) is 10.1 Å². The molecule has 0 heterocycles. The van der Waals surface area contributed by atoms with Crippen molar-refractivity contribution in [1.29, 1.82) is 0 Å². The van der Waals surface area contributed by atoms with Gasteiger partial charge in [-0.25, -0.2) is 4.79 Å². The highest BCUT2D eigenvalue weighted by atomic mass is 16.5. The molecule has 0 aliphatic heterocycles. The maximum atomic E-state index is 11.3. The zero-order valence-corrected chi connectivity index (χ0v) is 8.71. The number of carbonyl (C=O) groups excluding carboxylic acids is 2. The molecule has 2 atom stereocenters. The number of ketones is 1. The Bertz CT molecular complexity index is 227. The van der Waals surface area contributed by atoms with Crippen molar-refractivity contribution in [2.45, 2.75) is 38.6 Å². The molecule has 1 fully saturated rings. The number of carbonyl (C=O) groups is 2. The Morgan fingerprint density at radius 2 is 1.93 bits per heavy atom. The molecule has 1 saturated carbocycles. The molecule has 0 aromatic rings. The van der Waals surface area contributed by atoms with Crippen LogP contribution in [0.15, 0.2) is 0 Å². The van der Waals surface area contributed by atoms with Crippen molar-refractivity contribution in [2.24, 2.45) is 5.92 Å². The summed E-state index contributed by atoms with van der Waals surface area (Å²) in [7, 11) is 1.33. The fourth-order valence-electron chi connectivity index (χ4n) is 2.00. The third kappa shape index (κ3) is 2.72. The summed E-state index contributed by atoms with van der Waals surface area (Å²) < 4.78 is 4.52. The van der Waals surface area contributed by atoms with Crippen molar-refractivity contribution >= 4 is 11.9 Å². The molecular formula is C10H17NO3. The minimum absolute atomic E-state index is 0.0251. The van der Waals surface area contributed by atoms with Crippen LogP contribution in [0.2, 0.25) is 0 Å². The Morgan fingerprint density at radius 1 is 1.29 bits per heavy atom. The highest BCUT2D eigenvalue weighted by Gasteiger charge is 2.29. The zero-order chi connectivity index (χ0) is 10.6. The number of Topliss-reactive ketones (excluding diaryl/α,β-unsaturated/α-hetero) is 1. The molecule has 0 radical (unpaired) electrons. The van der Waals surface area contributed by atoms with E-state index in [0.29, 0.717) is 0 Å². The maximum absolute atomic E-state index is 11.3. The molecule has 4 heteroatoms. The SMILES string of the molecule is COC(=O)N[C@@H]1CCCC[C@@H]1C(C)=O. The molecule has 1 aliphatic carbocycles. The van der Waals surface area contributed by atoms with Gasteiger partial charge in [0.05, 0.1) is 7.11 Å². The molecule has 14 heavy (non-hydrogen) atoms. The zero-order valence-electron chi connectivity index (χ0n) is 8.71. The third-order valence-corrected chi connectivity index (χ3v) is 2.78. The third-order valence-electron chi connectivity index (χ3n) is 2.78. The highest BCUT2D eigenvalue weighted by Crippen LogP contribution is 2.25. The van der Waals surface area contributed by atoms with Crippen molar-refractivity contribution in [3.8, 4) is 0 Å². The summed E-state index contributed by atoms with van der Waals surface area (Å²) in [6, 6.07) is -0.0336. The summed E-state index contributed by atoms with van der Waals surface area (Å²) >= 11 is 0. The smallest absolute Gasteiger partial charge is 0.407 e. The number of ether oxygens (including phenoxy) is 1. The number of hydrogen-bond acceptors (Lipinski definition) is 3. The first-order chi connectivity index (χ1) is 6.65. The standard InChI is InChI=1S/C10H17NO3/c1-7(12)8-5-3-4-6-9(8)11-10(13)14-2/h8-9H,3-6H2,1-2H3,(H,11,13)/t8-,9-/m1/s1. The van der Waals surface area contributed by atoms with Gasteiger partial charge in [0.2, 0.25) is 0 Å². The molecule has 80 valence electrons. The van der Waals surface area contributed by atoms with Crippen molar-refractivity contribution < 1.29 is 14.3 Å². The highest BCUT2D eigenvalue weighted by molar-refractivity contribution is 5.80. The lowest BCUT2D eigenvalue weighted by molar-refractivity contribution is -0.122. The monoisotopic (exact) mass is 199 g/mol. The first-order valence-electron chi connectivity index (χ1n) is 5.00. The van der Waals surface area contributed by atoms with E-state index in [-0.39, 0.29) is 17.7 Å². The minimum Gasteiger partial charge on any atom is -0.453 e. The fourth-order valence-corrected chi connectivity index (χ4v) is 2.00. The molecule has 0 saturated heterocycles. The van der Waals surface area contributed by atoms with Crippen LogP contribution >= 0.6 is 0 Å². The predicted octanol–water partition coefficient (Wildman–Crippen LogP) is 1.49. The van der Waals surface area contributed by atoms with Gasteiger partial charge in [-0.05, 0) is 19.8 Å². The molecule has 0 aromatic carbocycles. The van der Waals surface area contributed by atoms with Gasteiger partial charge in [0.15, 0.2) is 0 Å². The van der Waals surface area contributed by atoms with E-state index in [4.69, 9.17) is 0 Å². The molecule has 0 bridgehead atoms. The van der Waals surface area contributed by atoms with Crippen molar-refractivity contribution in [3.05, 3.63) is 0 Å². The van der Waals surface area contributed by atoms with E-state index in [1.165, 1.54) is 7.11 Å². The molecule has 0 aromatic heterocycles. The molecule has 1 aliphatic rings. The lowest BCUT2D eigenvalue weighted by Crippen LogP contribution is -2.44. The topological polar surface area (TPSA) is 55.4 Å². The lowest BCUT2D eigenvalue weighted by atomic mass is 9.82. The Labute approximate surface area is 84.0 Å². The van der Waals surface area contributed by atoms with Crippen LogP contribution in [0.5, 0.6) is 0 Å². The Morgan fingerprint density at radius 3 is 2.50 bits per heavy atom. The maximum Gasteiger partial charge on any atom is 0.407 e. The van der Waals surface area contributed by atoms with Crippen LogP contribution in [0.3, 0.4) is 0 Å². The van der Waals surface area contributed by atoms with Crippen molar-refractivity contribution in [2.75, 3.05) is 7.11 Å².